The van der Waals surface area contributed by atoms with Crippen LogP contribution in [0.3, 0.4) is 0 Å². The molecule has 2 heterocycles. The number of benzene rings is 1. The van der Waals surface area contributed by atoms with E-state index in [4.69, 9.17) is 0 Å². The van der Waals surface area contributed by atoms with Crippen molar-refractivity contribution < 1.29 is 0 Å². The largest absolute Gasteiger partial charge is 0.313 e. The number of rotatable bonds is 4. The van der Waals surface area contributed by atoms with Crippen molar-refractivity contribution in [3.05, 3.63) is 29.3 Å². The van der Waals surface area contributed by atoms with Gasteiger partial charge in [0.05, 0.1) is 10.2 Å². The maximum absolute atomic E-state index is 4.61. The number of para-hydroxylation sites is 1. The van der Waals surface area contributed by atoms with E-state index in [2.05, 4.69) is 33.8 Å². The van der Waals surface area contributed by atoms with Gasteiger partial charge >= 0.3 is 0 Å². The highest BCUT2D eigenvalue weighted by molar-refractivity contribution is 7.18. The van der Waals surface area contributed by atoms with Crippen LogP contribution in [0.25, 0.3) is 10.2 Å². The fourth-order valence-corrected chi connectivity index (χ4v) is 3.22. The normalized spacial score (nSPS) is 20.1. The number of aromatic nitrogens is 1. The van der Waals surface area contributed by atoms with Crippen LogP contribution in [0.5, 0.6) is 0 Å². The molecule has 1 aromatic carbocycles. The summed E-state index contributed by atoms with van der Waals surface area (Å²) < 4.78 is 1.28. The van der Waals surface area contributed by atoms with Gasteiger partial charge in [-0.3, -0.25) is 0 Å². The number of hydrogen-bond acceptors (Lipinski definition) is 4. The Morgan fingerprint density at radius 2 is 2.35 bits per heavy atom. The third-order valence-electron chi connectivity index (χ3n) is 3.17. The van der Waals surface area contributed by atoms with E-state index in [9.17, 15) is 0 Å². The summed E-state index contributed by atoms with van der Waals surface area (Å²) in [6, 6.07) is 8.98. The third kappa shape index (κ3) is 2.65. The first kappa shape index (κ1) is 11.1. The van der Waals surface area contributed by atoms with Crippen LogP contribution in [-0.2, 0) is 6.54 Å². The Kier molecular flexibility index (Phi) is 3.36. The van der Waals surface area contributed by atoms with E-state index in [-0.39, 0.29) is 0 Å². The van der Waals surface area contributed by atoms with Crippen LogP contribution < -0.4 is 10.6 Å². The van der Waals surface area contributed by atoms with Gasteiger partial charge in [-0.25, -0.2) is 4.98 Å². The molecule has 0 spiro atoms. The van der Waals surface area contributed by atoms with Crippen LogP contribution in [0.2, 0.25) is 0 Å². The lowest BCUT2D eigenvalue weighted by molar-refractivity contribution is 0.535. The van der Waals surface area contributed by atoms with Crippen molar-refractivity contribution in [2.45, 2.75) is 25.4 Å². The van der Waals surface area contributed by atoms with Crippen LogP contribution in [0.1, 0.15) is 17.8 Å². The fraction of sp³-hybridized carbons (Fsp3) is 0.462. The Balaban J connectivity index is 1.57. The third-order valence-corrected chi connectivity index (χ3v) is 4.20. The van der Waals surface area contributed by atoms with E-state index in [0.29, 0.717) is 6.04 Å². The zero-order valence-corrected chi connectivity index (χ0v) is 10.6. The van der Waals surface area contributed by atoms with Gasteiger partial charge in [0.2, 0.25) is 0 Å². The zero-order chi connectivity index (χ0) is 11.5. The van der Waals surface area contributed by atoms with Crippen LogP contribution in [0.4, 0.5) is 0 Å². The van der Waals surface area contributed by atoms with Crippen molar-refractivity contribution in [3.63, 3.8) is 0 Å². The number of nitrogens with zero attached hydrogens (tertiary/aromatic N) is 1. The van der Waals surface area contributed by atoms with Crippen molar-refractivity contribution in [2.75, 3.05) is 13.1 Å². The Bertz CT molecular complexity index is 455. The lowest BCUT2D eigenvalue weighted by atomic mass is 10.2. The molecule has 0 amide bonds. The number of fused-ring (bicyclic) bond motifs is 1. The molecule has 1 aromatic heterocycles. The summed E-state index contributed by atoms with van der Waals surface area (Å²) in [6.07, 6.45) is 2.61. The van der Waals surface area contributed by atoms with Gasteiger partial charge in [0.1, 0.15) is 5.01 Å². The summed E-state index contributed by atoms with van der Waals surface area (Å²) in [5.41, 5.74) is 1.12. The average molecular weight is 247 g/mol. The average Bonchev–Trinajstić information content (AvgIpc) is 2.96. The molecule has 0 aliphatic carbocycles. The van der Waals surface area contributed by atoms with Crippen LogP contribution in [-0.4, -0.2) is 24.1 Å². The molecule has 4 heteroatoms. The van der Waals surface area contributed by atoms with Gasteiger partial charge in [-0.1, -0.05) is 12.1 Å². The quantitative estimate of drug-likeness (QED) is 0.869. The first-order valence-corrected chi connectivity index (χ1v) is 7.02. The van der Waals surface area contributed by atoms with Gasteiger partial charge in [0.25, 0.3) is 0 Å². The second kappa shape index (κ2) is 5.12. The predicted octanol–water partition coefficient (Wildman–Crippen LogP) is 2.14. The highest BCUT2D eigenvalue weighted by Gasteiger charge is 2.13. The minimum absolute atomic E-state index is 0.657. The van der Waals surface area contributed by atoms with Crippen molar-refractivity contribution in [2.24, 2.45) is 0 Å². The van der Waals surface area contributed by atoms with E-state index >= 15 is 0 Å². The van der Waals surface area contributed by atoms with Crippen LogP contribution >= 0.6 is 11.3 Å². The minimum atomic E-state index is 0.657. The second-order valence-corrected chi connectivity index (χ2v) is 5.61. The number of nitrogens with one attached hydrogen (secondary N) is 2. The van der Waals surface area contributed by atoms with E-state index in [1.54, 1.807) is 11.3 Å². The number of hydrogen-bond donors (Lipinski definition) is 2. The first-order valence-electron chi connectivity index (χ1n) is 6.20. The Morgan fingerprint density at radius 1 is 1.41 bits per heavy atom. The highest BCUT2D eigenvalue weighted by atomic mass is 32.1. The smallest absolute Gasteiger partial charge is 0.108 e. The van der Waals surface area contributed by atoms with Gasteiger partial charge in [0.15, 0.2) is 0 Å². The highest BCUT2D eigenvalue weighted by Crippen LogP contribution is 2.21. The Morgan fingerprint density at radius 3 is 3.18 bits per heavy atom. The van der Waals surface area contributed by atoms with E-state index in [0.717, 1.165) is 18.6 Å². The predicted molar refractivity (Wildman–Crippen MR) is 72.4 cm³/mol. The maximum atomic E-state index is 4.61. The van der Waals surface area contributed by atoms with Gasteiger partial charge in [-0.15, -0.1) is 11.3 Å². The molecule has 90 valence electrons. The van der Waals surface area contributed by atoms with E-state index in [1.807, 2.05) is 6.07 Å². The van der Waals surface area contributed by atoms with Gasteiger partial charge in [0, 0.05) is 19.1 Å². The summed E-state index contributed by atoms with van der Waals surface area (Å²) in [7, 11) is 0. The van der Waals surface area contributed by atoms with E-state index in [1.165, 1.54) is 29.1 Å². The molecule has 17 heavy (non-hydrogen) atoms. The lowest BCUT2D eigenvalue weighted by Gasteiger charge is -2.09. The van der Waals surface area contributed by atoms with Crippen molar-refractivity contribution in [3.8, 4) is 0 Å². The van der Waals surface area contributed by atoms with Gasteiger partial charge < -0.3 is 10.6 Å². The molecule has 1 saturated heterocycles. The Labute approximate surface area is 105 Å². The van der Waals surface area contributed by atoms with Gasteiger partial charge in [-0.05, 0) is 31.5 Å². The fourth-order valence-electron chi connectivity index (χ4n) is 2.28. The molecule has 0 saturated carbocycles. The maximum Gasteiger partial charge on any atom is 0.108 e. The summed E-state index contributed by atoms with van der Waals surface area (Å²) in [6.45, 7) is 3.11. The van der Waals surface area contributed by atoms with Crippen molar-refractivity contribution >= 4 is 21.6 Å². The van der Waals surface area contributed by atoms with Crippen molar-refractivity contribution in [1.29, 1.82) is 0 Å². The molecule has 0 radical (unpaired) electrons. The summed E-state index contributed by atoms with van der Waals surface area (Å²) in [5, 5.41) is 8.16. The molecule has 1 fully saturated rings. The molecule has 1 aliphatic rings. The molecular weight excluding hydrogens is 230 g/mol. The van der Waals surface area contributed by atoms with E-state index < -0.39 is 0 Å². The SMILES string of the molecule is c1ccc2sc(CNC[C@@H]3CCCN3)nc2c1. The Hall–Kier alpha value is -0.970. The van der Waals surface area contributed by atoms with Crippen LogP contribution in [0, 0.1) is 0 Å². The zero-order valence-electron chi connectivity index (χ0n) is 9.78. The molecule has 3 nitrogen and oxygen atoms in total. The molecule has 3 rings (SSSR count). The van der Waals surface area contributed by atoms with Crippen LogP contribution in [0.15, 0.2) is 24.3 Å². The monoisotopic (exact) mass is 247 g/mol. The van der Waals surface area contributed by atoms with Gasteiger partial charge in [-0.2, -0.15) is 0 Å². The molecule has 1 aliphatic heterocycles. The standard InChI is InChI=1S/C13H17N3S/c1-2-6-12-11(5-1)16-13(17-12)9-14-8-10-4-3-7-15-10/h1-2,5-6,10,14-15H,3-4,7-9H2/t10-/m0/s1. The first-order chi connectivity index (χ1) is 8.42. The molecule has 0 bridgehead atoms. The number of thiazole rings is 1. The molecule has 1 atom stereocenters. The molecule has 0 unspecified atom stereocenters. The summed E-state index contributed by atoms with van der Waals surface area (Å²) in [5.74, 6) is 0. The minimum Gasteiger partial charge on any atom is -0.313 e. The van der Waals surface area contributed by atoms with Crippen molar-refractivity contribution in [1.82, 2.24) is 15.6 Å². The lowest BCUT2D eigenvalue weighted by Crippen LogP contribution is -2.33. The second-order valence-electron chi connectivity index (χ2n) is 4.50. The summed E-state index contributed by atoms with van der Waals surface area (Å²) in [4.78, 5) is 4.61. The molecular formula is C13H17N3S. The summed E-state index contributed by atoms with van der Waals surface area (Å²) >= 11 is 1.79. The topological polar surface area (TPSA) is 37.0 Å². The molecule has 2 aromatic rings. The molecule has 2 N–H and O–H groups in total.